The van der Waals surface area contributed by atoms with Gasteiger partial charge >= 0.3 is 12.2 Å². The van der Waals surface area contributed by atoms with Gasteiger partial charge in [0, 0.05) is 19.5 Å². The van der Waals surface area contributed by atoms with Crippen molar-refractivity contribution in [3.05, 3.63) is 0 Å². The minimum atomic E-state index is -0.917. The fourth-order valence-corrected chi connectivity index (χ4v) is 3.79. The van der Waals surface area contributed by atoms with Crippen LogP contribution in [0.5, 0.6) is 0 Å². The van der Waals surface area contributed by atoms with E-state index in [1.807, 2.05) is 27.7 Å². The molecule has 23 heavy (non-hydrogen) atoms. The average molecular weight is 326 g/mol. The van der Waals surface area contributed by atoms with E-state index >= 15 is 0 Å². The molecule has 2 aliphatic heterocycles. The molecule has 0 bridgehead atoms. The molecule has 2 saturated heterocycles. The van der Waals surface area contributed by atoms with Crippen molar-refractivity contribution in [2.45, 2.75) is 58.6 Å². The minimum Gasteiger partial charge on any atom is -0.465 e. The Bertz CT molecular complexity index is 495. The van der Waals surface area contributed by atoms with E-state index in [4.69, 9.17) is 9.84 Å². The number of cyclic esters (lactones) is 1. The third-order valence-corrected chi connectivity index (χ3v) is 4.79. The van der Waals surface area contributed by atoms with Crippen LogP contribution in [-0.4, -0.2) is 57.7 Å². The smallest absolute Gasteiger partial charge is 0.417 e. The van der Waals surface area contributed by atoms with Crippen molar-refractivity contribution in [3.8, 4) is 0 Å². The lowest BCUT2D eigenvalue weighted by molar-refractivity contribution is -0.131. The summed E-state index contributed by atoms with van der Waals surface area (Å²) in [6.07, 6.45) is 0.0797. The lowest BCUT2D eigenvalue weighted by Gasteiger charge is -2.33. The maximum Gasteiger partial charge on any atom is 0.417 e. The van der Waals surface area contributed by atoms with E-state index < -0.39 is 17.8 Å². The molecular weight excluding hydrogens is 300 g/mol. The van der Waals surface area contributed by atoms with Crippen molar-refractivity contribution >= 4 is 18.1 Å². The standard InChI is InChI=1S/C16H26N2O5/c1-10(2)13-16(3,4)23-15(22)18(13)12(19)9-11-5-7-17(8-6-11)14(20)21/h10-11,13H,5-9H2,1-4H3,(H,20,21). The van der Waals surface area contributed by atoms with Crippen molar-refractivity contribution < 1.29 is 24.2 Å². The summed E-state index contributed by atoms with van der Waals surface area (Å²) in [5, 5.41) is 8.96. The molecule has 0 aromatic carbocycles. The zero-order valence-electron chi connectivity index (χ0n) is 14.2. The van der Waals surface area contributed by atoms with Crippen LogP contribution in [0.15, 0.2) is 0 Å². The van der Waals surface area contributed by atoms with Crippen LogP contribution in [0, 0.1) is 11.8 Å². The highest BCUT2D eigenvalue weighted by Gasteiger charge is 2.51. The molecule has 3 amide bonds. The number of carbonyl (C=O) groups excluding carboxylic acids is 2. The molecule has 0 aromatic rings. The first-order valence-electron chi connectivity index (χ1n) is 8.16. The van der Waals surface area contributed by atoms with Crippen LogP contribution in [0.4, 0.5) is 9.59 Å². The van der Waals surface area contributed by atoms with E-state index in [-0.39, 0.29) is 30.2 Å². The largest absolute Gasteiger partial charge is 0.465 e. The van der Waals surface area contributed by atoms with Gasteiger partial charge in [0.15, 0.2) is 0 Å². The van der Waals surface area contributed by atoms with Gasteiger partial charge in [-0.1, -0.05) is 13.8 Å². The fraction of sp³-hybridized carbons (Fsp3) is 0.812. The SMILES string of the molecule is CC(C)C1N(C(=O)CC2CCN(C(=O)O)CC2)C(=O)OC1(C)C. The van der Waals surface area contributed by atoms with E-state index in [1.165, 1.54) is 9.80 Å². The number of amides is 3. The van der Waals surface area contributed by atoms with Gasteiger partial charge in [-0.05, 0) is 38.5 Å². The number of likely N-dealkylation sites (tertiary alicyclic amines) is 1. The molecular formula is C16H26N2O5. The zero-order chi connectivity index (χ0) is 17.4. The van der Waals surface area contributed by atoms with Gasteiger partial charge in [-0.25, -0.2) is 14.5 Å². The summed E-state index contributed by atoms with van der Waals surface area (Å²) in [6.45, 7) is 8.48. The molecule has 1 atom stereocenters. The van der Waals surface area contributed by atoms with Crippen molar-refractivity contribution in [1.29, 1.82) is 0 Å². The van der Waals surface area contributed by atoms with E-state index in [2.05, 4.69) is 0 Å². The molecule has 0 radical (unpaired) electrons. The number of hydrogen-bond acceptors (Lipinski definition) is 4. The fourth-order valence-electron chi connectivity index (χ4n) is 3.79. The monoisotopic (exact) mass is 326 g/mol. The molecule has 2 heterocycles. The van der Waals surface area contributed by atoms with Crippen LogP contribution in [-0.2, 0) is 9.53 Å². The summed E-state index contributed by atoms with van der Waals surface area (Å²) < 4.78 is 5.37. The summed E-state index contributed by atoms with van der Waals surface area (Å²) in [4.78, 5) is 38.3. The average Bonchev–Trinajstić information content (AvgIpc) is 2.68. The van der Waals surface area contributed by atoms with E-state index in [9.17, 15) is 14.4 Å². The molecule has 1 N–H and O–H groups in total. The van der Waals surface area contributed by atoms with E-state index in [0.29, 0.717) is 25.9 Å². The van der Waals surface area contributed by atoms with Gasteiger partial charge in [-0.3, -0.25) is 4.79 Å². The maximum atomic E-state index is 12.6. The van der Waals surface area contributed by atoms with Crippen LogP contribution in [0.2, 0.25) is 0 Å². The Morgan fingerprint density at radius 2 is 1.87 bits per heavy atom. The van der Waals surface area contributed by atoms with Crippen molar-refractivity contribution in [2.75, 3.05) is 13.1 Å². The Morgan fingerprint density at radius 1 is 1.30 bits per heavy atom. The topological polar surface area (TPSA) is 87.2 Å². The molecule has 2 fully saturated rings. The Hall–Kier alpha value is -1.79. The summed E-state index contributed by atoms with van der Waals surface area (Å²) in [7, 11) is 0. The highest BCUT2D eigenvalue weighted by Crippen LogP contribution is 2.35. The number of imide groups is 1. The molecule has 1 unspecified atom stereocenters. The normalized spacial score (nSPS) is 24.9. The van der Waals surface area contributed by atoms with Gasteiger partial charge in [-0.2, -0.15) is 0 Å². The predicted octanol–water partition coefficient (Wildman–Crippen LogP) is 2.55. The number of ether oxygens (including phenoxy) is 1. The van der Waals surface area contributed by atoms with Crippen LogP contribution in [0.3, 0.4) is 0 Å². The van der Waals surface area contributed by atoms with Crippen molar-refractivity contribution in [3.63, 3.8) is 0 Å². The first kappa shape index (κ1) is 17.6. The number of nitrogens with zero attached hydrogens (tertiary/aromatic N) is 2. The molecule has 7 nitrogen and oxygen atoms in total. The Morgan fingerprint density at radius 3 is 2.35 bits per heavy atom. The van der Waals surface area contributed by atoms with Crippen LogP contribution < -0.4 is 0 Å². The van der Waals surface area contributed by atoms with Crippen LogP contribution >= 0.6 is 0 Å². The number of piperidine rings is 1. The van der Waals surface area contributed by atoms with Gasteiger partial charge < -0.3 is 14.7 Å². The maximum absolute atomic E-state index is 12.6. The molecule has 0 aromatic heterocycles. The zero-order valence-corrected chi connectivity index (χ0v) is 14.2. The van der Waals surface area contributed by atoms with Crippen molar-refractivity contribution in [2.24, 2.45) is 11.8 Å². The van der Waals surface area contributed by atoms with Gasteiger partial charge in [0.05, 0.1) is 6.04 Å². The Labute approximate surface area is 136 Å². The molecule has 2 aliphatic rings. The van der Waals surface area contributed by atoms with Crippen LogP contribution in [0.1, 0.15) is 47.0 Å². The quantitative estimate of drug-likeness (QED) is 0.861. The summed E-state index contributed by atoms with van der Waals surface area (Å²) in [6, 6.07) is -0.276. The third-order valence-electron chi connectivity index (χ3n) is 4.79. The number of carbonyl (C=O) groups is 3. The van der Waals surface area contributed by atoms with Crippen LogP contribution in [0.25, 0.3) is 0 Å². The van der Waals surface area contributed by atoms with Crippen molar-refractivity contribution in [1.82, 2.24) is 9.80 Å². The second-order valence-electron chi connectivity index (χ2n) is 7.34. The lowest BCUT2D eigenvalue weighted by Crippen LogP contribution is -2.48. The molecule has 0 saturated carbocycles. The van der Waals surface area contributed by atoms with E-state index in [0.717, 1.165) is 0 Å². The Balaban J connectivity index is 2.00. The Kier molecular flexibility index (Phi) is 4.87. The second-order valence-corrected chi connectivity index (χ2v) is 7.34. The first-order valence-corrected chi connectivity index (χ1v) is 8.16. The third kappa shape index (κ3) is 3.59. The highest BCUT2D eigenvalue weighted by atomic mass is 16.6. The van der Waals surface area contributed by atoms with Gasteiger partial charge in [-0.15, -0.1) is 0 Å². The predicted molar refractivity (Wildman–Crippen MR) is 83.0 cm³/mol. The minimum absolute atomic E-state index is 0.106. The molecule has 7 heteroatoms. The number of hydrogen-bond donors (Lipinski definition) is 1. The first-order chi connectivity index (χ1) is 10.6. The molecule has 130 valence electrons. The summed E-state index contributed by atoms with van der Waals surface area (Å²) in [5.41, 5.74) is -0.687. The van der Waals surface area contributed by atoms with Gasteiger partial charge in [0.1, 0.15) is 5.60 Å². The van der Waals surface area contributed by atoms with Gasteiger partial charge in [0.2, 0.25) is 5.91 Å². The number of rotatable bonds is 3. The summed E-state index contributed by atoms with van der Waals surface area (Å²) in [5.74, 6) is 0.00438. The summed E-state index contributed by atoms with van der Waals surface area (Å²) >= 11 is 0. The number of carboxylic acid groups (broad SMARTS) is 1. The van der Waals surface area contributed by atoms with Gasteiger partial charge in [0.25, 0.3) is 0 Å². The molecule has 2 rings (SSSR count). The van der Waals surface area contributed by atoms with E-state index in [1.54, 1.807) is 0 Å². The highest BCUT2D eigenvalue weighted by molar-refractivity contribution is 5.94. The second kappa shape index (κ2) is 6.37. The lowest BCUT2D eigenvalue weighted by atomic mass is 9.87. The molecule has 0 aliphatic carbocycles. The molecule has 0 spiro atoms.